The summed E-state index contributed by atoms with van der Waals surface area (Å²) < 4.78 is 5.32. The van der Waals surface area contributed by atoms with Crippen LogP contribution in [0.2, 0.25) is 0 Å². The lowest BCUT2D eigenvalue weighted by Crippen LogP contribution is -2.30. The van der Waals surface area contributed by atoms with Crippen LogP contribution in [-0.2, 0) is 9.59 Å². The van der Waals surface area contributed by atoms with E-state index >= 15 is 0 Å². The van der Waals surface area contributed by atoms with Crippen LogP contribution in [0.25, 0.3) is 16.7 Å². The third-order valence-corrected chi connectivity index (χ3v) is 5.26. The molecule has 0 spiro atoms. The first kappa shape index (κ1) is 18.8. The lowest BCUT2D eigenvalue weighted by molar-refractivity contribution is -0.139. The van der Waals surface area contributed by atoms with Crippen LogP contribution in [0.3, 0.4) is 0 Å². The van der Waals surface area contributed by atoms with Crippen LogP contribution < -0.4 is 4.74 Å². The summed E-state index contributed by atoms with van der Waals surface area (Å²) in [6.07, 6.45) is 2.36. The molecule has 3 aromatic rings. The van der Waals surface area contributed by atoms with Gasteiger partial charge in [0.2, 0.25) is 0 Å². The molecule has 2 N–H and O–H groups in total. The van der Waals surface area contributed by atoms with Gasteiger partial charge < -0.3 is 19.7 Å². The lowest BCUT2D eigenvalue weighted by atomic mass is 9.95. The number of carbonyl (C=O) groups is 2. The van der Waals surface area contributed by atoms with Gasteiger partial charge in [-0.3, -0.25) is 9.59 Å². The second-order valence-electron chi connectivity index (χ2n) is 7.02. The van der Waals surface area contributed by atoms with E-state index in [-0.39, 0.29) is 11.3 Å². The molecule has 1 unspecified atom stereocenters. The van der Waals surface area contributed by atoms with Crippen LogP contribution in [0.15, 0.2) is 60.3 Å². The van der Waals surface area contributed by atoms with E-state index in [4.69, 9.17) is 4.74 Å². The lowest BCUT2D eigenvalue weighted by Gasteiger charge is -2.25. The fourth-order valence-corrected chi connectivity index (χ4v) is 3.92. The molecule has 2 heterocycles. The first-order valence-electron chi connectivity index (χ1n) is 9.55. The second-order valence-corrected chi connectivity index (χ2v) is 7.02. The smallest absolute Gasteiger partial charge is 0.295 e. The van der Waals surface area contributed by atoms with Gasteiger partial charge >= 0.3 is 0 Å². The van der Waals surface area contributed by atoms with Crippen molar-refractivity contribution >= 4 is 28.4 Å². The number of aromatic amines is 1. The third-order valence-electron chi connectivity index (χ3n) is 5.26. The van der Waals surface area contributed by atoms with E-state index in [0.717, 1.165) is 16.5 Å². The minimum absolute atomic E-state index is 0.0986. The van der Waals surface area contributed by atoms with E-state index in [0.29, 0.717) is 24.3 Å². The van der Waals surface area contributed by atoms with Crippen LogP contribution >= 0.6 is 0 Å². The number of para-hydroxylation sites is 1. The van der Waals surface area contributed by atoms with Crippen molar-refractivity contribution < 1.29 is 19.4 Å². The second kappa shape index (κ2) is 7.47. The van der Waals surface area contributed by atoms with Crippen LogP contribution in [0, 0.1) is 0 Å². The molecule has 148 valence electrons. The summed E-state index contributed by atoms with van der Waals surface area (Å²) >= 11 is 0. The first-order valence-corrected chi connectivity index (χ1v) is 9.55. The van der Waals surface area contributed by atoms with Gasteiger partial charge in [0.25, 0.3) is 11.7 Å². The maximum absolute atomic E-state index is 13.0. The number of aromatic nitrogens is 1. The molecule has 1 aliphatic rings. The Kier molecular flexibility index (Phi) is 4.84. The minimum Gasteiger partial charge on any atom is -0.507 e. The van der Waals surface area contributed by atoms with E-state index in [9.17, 15) is 14.7 Å². The number of Topliss-reactive ketones (excluding diaryl/α,β-unsaturated/α-hetero) is 1. The van der Waals surface area contributed by atoms with E-state index in [1.807, 2.05) is 43.3 Å². The molecule has 6 nitrogen and oxygen atoms in total. The minimum atomic E-state index is -0.672. The van der Waals surface area contributed by atoms with Crippen molar-refractivity contribution in [2.75, 3.05) is 13.7 Å². The van der Waals surface area contributed by atoms with Gasteiger partial charge in [0.05, 0.1) is 18.7 Å². The first-order chi connectivity index (χ1) is 14.1. The molecule has 1 amide bonds. The van der Waals surface area contributed by atoms with Crippen molar-refractivity contribution in [2.45, 2.75) is 19.4 Å². The number of rotatable bonds is 5. The average Bonchev–Trinajstić information content (AvgIpc) is 3.28. The Morgan fingerprint density at radius 1 is 1.17 bits per heavy atom. The zero-order chi connectivity index (χ0) is 20.5. The Morgan fingerprint density at radius 3 is 2.72 bits per heavy atom. The van der Waals surface area contributed by atoms with Crippen molar-refractivity contribution in [3.8, 4) is 5.75 Å². The van der Waals surface area contributed by atoms with Crippen LogP contribution in [-0.4, -0.2) is 40.3 Å². The van der Waals surface area contributed by atoms with E-state index in [2.05, 4.69) is 4.98 Å². The van der Waals surface area contributed by atoms with Crippen molar-refractivity contribution in [1.29, 1.82) is 0 Å². The molecule has 0 radical (unpaired) electrons. The van der Waals surface area contributed by atoms with Crippen molar-refractivity contribution in [3.05, 3.63) is 71.4 Å². The number of likely N-dealkylation sites (tertiary alicyclic amines) is 1. The zero-order valence-corrected chi connectivity index (χ0v) is 16.3. The summed E-state index contributed by atoms with van der Waals surface area (Å²) in [6, 6.07) is 14.1. The molecule has 6 heteroatoms. The number of ketones is 1. The molecule has 1 fully saturated rings. The van der Waals surface area contributed by atoms with E-state index in [1.54, 1.807) is 25.4 Å². The van der Waals surface area contributed by atoms with Crippen LogP contribution in [0.4, 0.5) is 0 Å². The summed E-state index contributed by atoms with van der Waals surface area (Å²) in [5, 5.41) is 12.0. The molecular formula is C23H22N2O4. The molecule has 0 saturated carbocycles. The summed E-state index contributed by atoms with van der Waals surface area (Å²) in [7, 11) is 1.56. The maximum atomic E-state index is 13.0. The van der Waals surface area contributed by atoms with Crippen LogP contribution in [0.1, 0.15) is 30.5 Å². The number of amides is 1. The predicted molar refractivity (Wildman–Crippen MR) is 111 cm³/mol. The van der Waals surface area contributed by atoms with Crippen molar-refractivity contribution in [2.24, 2.45) is 0 Å². The van der Waals surface area contributed by atoms with E-state index in [1.165, 1.54) is 4.90 Å². The zero-order valence-electron chi connectivity index (χ0n) is 16.3. The molecule has 4 rings (SSSR count). The summed E-state index contributed by atoms with van der Waals surface area (Å²) in [5.41, 5.74) is 2.16. The number of aliphatic hydroxyl groups excluding tert-OH is 1. The number of hydrogen-bond acceptors (Lipinski definition) is 4. The number of nitrogens with zero attached hydrogens (tertiary/aromatic N) is 1. The van der Waals surface area contributed by atoms with Gasteiger partial charge in [0.1, 0.15) is 11.5 Å². The summed E-state index contributed by atoms with van der Waals surface area (Å²) in [4.78, 5) is 30.4. The number of methoxy groups -OCH3 is 1. The average molecular weight is 390 g/mol. The van der Waals surface area contributed by atoms with Gasteiger partial charge in [-0.25, -0.2) is 0 Å². The molecule has 1 aliphatic heterocycles. The number of H-pyrrole nitrogens is 1. The van der Waals surface area contributed by atoms with Gasteiger partial charge in [-0.15, -0.1) is 0 Å². The predicted octanol–water partition coefficient (Wildman–Crippen LogP) is 4.01. The van der Waals surface area contributed by atoms with Gasteiger partial charge in [0, 0.05) is 29.2 Å². The molecular weight excluding hydrogens is 368 g/mol. The topological polar surface area (TPSA) is 82.6 Å². The molecule has 0 bridgehead atoms. The quantitative estimate of drug-likeness (QED) is 0.392. The molecule has 29 heavy (non-hydrogen) atoms. The normalized spacial score (nSPS) is 18.6. The highest BCUT2D eigenvalue weighted by atomic mass is 16.5. The Labute approximate surface area is 168 Å². The van der Waals surface area contributed by atoms with E-state index < -0.39 is 17.7 Å². The van der Waals surface area contributed by atoms with Gasteiger partial charge in [-0.2, -0.15) is 0 Å². The Hall–Kier alpha value is -3.54. The third kappa shape index (κ3) is 3.06. The SMILES string of the molecule is CCCN1C(=O)C(=O)/C(=C(\O)c2c[nH]c3ccccc23)C1c1cccc(OC)c1. The maximum Gasteiger partial charge on any atom is 0.295 e. The number of carbonyl (C=O) groups excluding carboxylic acids is 2. The van der Waals surface area contributed by atoms with Crippen molar-refractivity contribution in [1.82, 2.24) is 9.88 Å². The monoisotopic (exact) mass is 390 g/mol. The summed E-state index contributed by atoms with van der Waals surface area (Å²) in [6.45, 7) is 2.36. The van der Waals surface area contributed by atoms with Crippen LogP contribution in [0.5, 0.6) is 5.75 Å². The Balaban J connectivity index is 1.93. The number of nitrogens with one attached hydrogen (secondary N) is 1. The fraction of sp³-hybridized carbons (Fsp3) is 0.217. The number of ether oxygens (including phenoxy) is 1. The number of hydrogen-bond donors (Lipinski definition) is 2. The highest BCUT2D eigenvalue weighted by Crippen LogP contribution is 2.41. The Bertz CT molecular complexity index is 1130. The number of aliphatic hydroxyl groups is 1. The fourth-order valence-electron chi connectivity index (χ4n) is 3.92. The molecule has 1 atom stereocenters. The molecule has 2 aromatic carbocycles. The largest absolute Gasteiger partial charge is 0.507 e. The molecule has 1 saturated heterocycles. The number of benzene rings is 2. The Morgan fingerprint density at radius 2 is 1.97 bits per heavy atom. The van der Waals surface area contributed by atoms with Crippen molar-refractivity contribution in [3.63, 3.8) is 0 Å². The summed E-state index contributed by atoms with van der Waals surface area (Å²) in [5.74, 6) is -0.820. The van der Waals surface area contributed by atoms with Gasteiger partial charge in [-0.05, 0) is 30.2 Å². The highest BCUT2D eigenvalue weighted by Gasteiger charge is 2.45. The van der Waals surface area contributed by atoms with Gasteiger partial charge in [-0.1, -0.05) is 37.3 Å². The highest BCUT2D eigenvalue weighted by molar-refractivity contribution is 6.46. The van der Waals surface area contributed by atoms with Gasteiger partial charge in [0.15, 0.2) is 0 Å². The standard InChI is InChI=1S/C23H22N2O4/c1-3-11-25-20(14-7-6-8-15(12-14)29-2)19(22(27)23(25)28)21(26)17-13-24-18-10-5-4-9-16(17)18/h4-10,12-13,20,24,26H,3,11H2,1-2H3/b21-19-. The molecule has 1 aromatic heterocycles. The molecule has 0 aliphatic carbocycles. The number of fused-ring (bicyclic) bond motifs is 1.